The van der Waals surface area contributed by atoms with Crippen molar-refractivity contribution in [1.82, 2.24) is 0 Å². The summed E-state index contributed by atoms with van der Waals surface area (Å²) in [6.45, 7) is 0. The quantitative estimate of drug-likeness (QED) is 0.272. The van der Waals surface area contributed by atoms with Crippen molar-refractivity contribution in [3.8, 4) is 0 Å². The van der Waals surface area contributed by atoms with Gasteiger partial charge in [0.15, 0.2) is 0 Å². The van der Waals surface area contributed by atoms with Gasteiger partial charge < -0.3 is 8.83 Å². The van der Waals surface area contributed by atoms with Crippen LogP contribution in [0.15, 0.2) is 88.7 Å². The lowest BCUT2D eigenvalue weighted by atomic mass is 9.90. The number of fused-ring (bicyclic) bond motifs is 12. The topological polar surface area (TPSA) is 94.6 Å². The van der Waals surface area contributed by atoms with Crippen LogP contribution in [0.5, 0.6) is 0 Å². The highest BCUT2D eigenvalue weighted by Gasteiger charge is 2.22. The first-order valence-corrected chi connectivity index (χ1v) is 9.94. The van der Waals surface area contributed by atoms with Gasteiger partial charge in [-0.05, 0) is 55.2 Å². The molecule has 5 aromatic carbocycles. The molecule has 0 aliphatic rings. The Morgan fingerprint density at radius 1 is 0.375 bits per heavy atom. The Kier molecular flexibility index (Phi) is 2.98. The summed E-state index contributed by atoms with van der Waals surface area (Å²) in [4.78, 5) is 50.3. The molecular formula is C26H10O6. The molecule has 6 nitrogen and oxygen atoms in total. The highest BCUT2D eigenvalue weighted by atomic mass is 16.4. The maximum Gasteiger partial charge on any atom is 0.347 e. The van der Waals surface area contributed by atoms with Crippen molar-refractivity contribution in [2.24, 2.45) is 0 Å². The van der Waals surface area contributed by atoms with E-state index in [1.54, 1.807) is 36.4 Å². The second-order valence-corrected chi connectivity index (χ2v) is 7.89. The number of hydrogen-bond donors (Lipinski definition) is 0. The van der Waals surface area contributed by atoms with E-state index in [-0.39, 0.29) is 21.5 Å². The summed E-state index contributed by atoms with van der Waals surface area (Å²) in [5.41, 5.74) is -2.73. The lowest BCUT2D eigenvalue weighted by molar-refractivity contribution is 0.500. The fraction of sp³-hybridized carbons (Fsp3) is 0. The van der Waals surface area contributed by atoms with E-state index in [9.17, 15) is 19.2 Å². The van der Waals surface area contributed by atoms with E-state index >= 15 is 0 Å². The number of rotatable bonds is 0. The molecule has 2 aromatic heterocycles. The fourth-order valence-corrected chi connectivity index (χ4v) is 5.09. The molecule has 0 aliphatic carbocycles. The molecule has 0 amide bonds. The number of hydrogen-bond acceptors (Lipinski definition) is 6. The minimum Gasteiger partial charge on any atom is -0.386 e. The van der Waals surface area contributed by atoms with Crippen LogP contribution in [-0.2, 0) is 0 Å². The van der Waals surface area contributed by atoms with Crippen LogP contribution >= 0.6 is 0 Å². The zero-order valence-corrected chi connectivity index (χ0v) is 16.2. The van der Waals surface area contributed by atoms with Gasteiger partial charge >= 0.3 is 22.5 Å². The van der Waals surface area contributed by atoms with Crippen LogP contribution in [0.2, 0.25) is 0 Å². The van der Waals surface area contributed by atoms with Crippen LogP contribution in [0.4, 0.5) is 0 Å². The van der Waals surface area contributed by atoms with Gasteiger partial charge in [0, 0.05) is 0 Å². The standard InChI is InChI=1S/C26H10O6/c27-23-19-13-7-3-1-5-11(13)15-9-18-16(10-17(15)21(19)25(29)31-23)12-6-2-4-8-14(12)20-22(18)26(30)32-24(20)28/h1-10H. The smallest absolute Gasteiger partial charge is 0.347 e. The first-order chi connectivity index (χ1) is 15.5. The van der Waals surface area contributed by atoms with Gasteiger partial charge in [-0.1, -0.05) is 48.5 Å². The lowest BCUT2D eigenvalue weighted by Gasteiger charge is -2.10. The normalized spacial score (nSPS) is 12.2. The monoisotopic (exact) mass is 418 g/mol. The highest BCUT2D eigenvalue weighted by Crippen LogP contribution is 2.39. The van der Waals surface area contributed by atoms with Gasteiger partial charge in [0.1, 0.15) is 0 Å². The van der Waals surface area contributed by atoms with E-state index in [0.717, 1.165) is 10.8 Å². The van der Waals surface area contributed by atoms with Crippen LogP contribution in [0.1, 0.15) is 0 Å². The van der Waals surface area contributed by atoms with Crippen molar-refractivity contribution < 1.29 is 8.83 Å². The molecule has 7 aromatic rings. The molecule has 0 fully saturated rings. The number of furan rings is 2. The van der Waals surface area contributed by atoms with Crippen LogP contribution in [-0.4, -0.2) is 0 Å². The summed E-state index contributed by atoms with van der Waals surface area (Å²) in [6.07, 6.45) is 0. The summed E-state index contributed by atoms with van der Waals surface area (Å²) < 4.78 is 9.91. The van der Waals surface area contributed by atoms with Crippen LogP contribution in [0.3, 0.4) is 0 Å². The molecule has 0 N–H and O–H groups in total. The molecule has 0 saturated carbocycles. The summed E-state index contributed by atoms with van der Waals surface area (Å²) >= 11 is 0. The summed E-state index contributed by atoms with van der Waals surface area (Å²) in [7, 11) is 0. The molecule has 7 rings (SSSR count). The van der Waals surface area contributed by atoms with Crippen molar-refractivity contribution in [2.45, 2.75) is 0 Å². The molecular weight excluding hydrogens is 408 g/mol. The van der Waals surface area contributed by atoms with Crippen molar-refractivity contribution in [3.63, 3.8) is 0 Å². The molecule has 2 heterocycles. The number of benzene rings is 5. The van der Waals surface area contributed by atoms with E-state index in [2.05, 4.69) is 0 Å². The zero-order chi connectivity index (χ0) is 21.7. The Labute approximate surface area is 176 Å². The van der Waals surface area contributed by atoms with Gasteiger partial charge in [-0.25, -0.2) is 19.2 Å². The second kappa shape index (κ2) is 5.56. The third kappa shape index (κ3) is 1.90. The molecule has 0 radical (unpaired) electrons. The molecule has 32 heavy (non-hydrogen) atoms. The SMILES string of the molecule is O=c1oc(=O)c2c3cc4c5ccccc5c5c(=O)oc(=O)c5c4cc3c3ccccc3c12. The first kappa shape index (κ1) is 17.1. The maximum absolute atomic E-state index is 12.7. The summed E-state index contributed by atoms with van der Waals surface area (Å²) in [5, 5.41) is 6.10. The lowest BCUT2D eigenvalue weighted by Crippen LogP contribution is -1.96. The van der Waals surface area contributed by atoms with Gasteiger partial charge in [-0.15, -0.1) is 0 Å². The molecule has 6 heteroatoms. The van der Waals surface area contributed by atoms with E-state index in [1.807, 2.05) is 24.3 Å². The van der Waals surface area contributed by atoms with Crippen LogP contribution in [0.25, 0.3) is 64.6 Å². The predicted octanol–water partition coefficient (Wildman–Crippen LogP) is 4.11. The molecule has 150 valence electrons. The van der Waals surface area contributed by atoms with Crippen LogP contribution < -0.4 is 22.5 Å². The minimum atomic E-state index is -0.694. The van der Waals surface area contributed by atoms with Gasteiger partial charge in [0.2, 0.25) is 0 Å². The highest BCUT2D eigenvalue weighted by molar-refractivity contribution is 6.32. The molecule has 0 aliphatic heterocycles. The van der Waals surface area contributed by atoms with Gasteiger partial charge in [0.25, 0.3) is 0 Å². The van der Waals surface area contributed by atoms with E-state index in [4.69, 9.17) is 8.83 Å². The Bertz CT molecular complexity index is 2010. The molecule has 0 unspecified atom stereocenters. The second-order valence-electron chi connectivity index (χ2n) is 7.89. The van der Waals surface area contributed by atoms with Gasteiger partial charge in [-0.2, -0.15) is 0 Å². The Hall–Kier alpha value is -4.58. The van der Waals surface area contributed by atoms with Gasteiger partial charge in [-0.3, -0.25) is 0 Å². The van der Waals surface area contributed by atoms with E-state index in [0.29, 0.717) is 32.3 Å². The molecule has 0 atom stereocenters. The van der Waals surface area contributed by atoms with Crippen molar-refractivity contribution in [2.75, 3.05) is 0 Å². The third-order valence-electron chi connectivity index (χ3n) is 6.36. The fourth-order valence-electron chi connectivity index (χ4n) is 5.09. The van der Waals surface area contributed by atoms with Crippen molar-refractivity contribution in [1.29, 1.82) is 0 Å². The minimum absolute atomic E-state index is 0.217. The van der Waals surface area contributed by atoms with E-state index in [1.165, 1.54) is 0 Å². The first-order valence-electron chi connectivity index (χ1n) is 9.94. The molecule has 0 spiro atoms. The van der Waals surface area contributed by atoms with Crippen LogP contribution in [0, 0.1) is 0 Å². The average molecular weight is 418 g/mol. The van der Waals surface area contributed by atoms with Gasteiger partial charge in [0.05, 0.1) is 21.5 Å². The summed E-state index contributed by atoms with van der Waals surface area (Å²) in [6, 6.07) is 18.1. The van der Waals surface area contributed by atoms with E-state index < -0.39 is 22.5 Å². The third-order valence-corrected chi connectivity index (χ3v) is 6.36. The molecule has 0 bridgehead atoms. The molecule has 0 saturated heterocycles. The van der Waals surface area contributed by atoms with Crippen molar-refractivity contribution >= 4 is 64.6 Å². The Balaban J connectivity index is 1.93. The predicted molar refractivity (Wildman–Crippen MR) is 123 cm³/mol. The maximum atomic E-state index is 12.7. The Morgan fingerprint density at radius 2 is 0.688 bits per heavy atom. The zero-order valence-electron chi connectivity index (χ0n) is 16.2. The largest absolute Gasteiger partial charge is 0.386 e. The summed E-state index contributed by atoms with van der Waals surface area (Å²) in [5.74, 6) is 0. The Morgan fingerprint density at radius 3 is 1.06 bits per heavy atom. The average Bonchev–Trinajstić information content (AvgIpc) is 3.27. The van der Waals surface area contributed by atoms with Crippen molar-refractivity contribution in [3.05, 3.63) is 102 Å².